The number of thiol groups is 1. The molecular formula is C18H15ClFN3O3S. The molecule has 0 saturated heterocycles. The van der Waals surface area contributed by atoms with E-state index in [9.17, 15) is 17.6 Å². The van der Waals surface area contributed by atoms with Crippen molar-refractivity contribution < 1.29 is 17.6 Å². The number of anilines is 2. The quantitative estimate of drug-likeness (QED) is 0.563. The maximum atomic E-state index is 14.3. The van der Waals surface area contributed by atoms with Gasteiger partial charge in [-0.3, -0.25) is 9.78 Å². The average molecular weight is 408 g/mol. The molecule has 27 heavy (non-hydrogen) atoms. The molecule has 0 spiro atoms. The van der Waals surface area contributed by atoms with Crippen LogP contribution in [0, 0.1) is 12.7 Å². The molecule has 0 atom stereocenters. The molecule has 0 aliphatic rings. The summed E-state index contributed by atoms with van der Waals surface area (Å²) in [6, 6.07) is 7.71. The predicted octanol–water partition coefficient (Wildman–Crippen LogP) is 3.29. The molecule has 0 fully saturated rings. The zero-order chi connectivity index (χ0) is 19.7. The molecule has 2 aromatic carbocycles. The van der Waals surface area contributed by atoms with Crippen molar-refractivity contribution in [3.05, 3.63) is 64.1 Å². The molecule has 1 aromatic heterocycles. The predicted molar refractivity (Wildman–Crippen MR) is 104 cm³/mol. The Bertz CT molecular complexity index is 1140. The highest BCUT2D eigenvalue weighted by Crippen LogP contribution is 2.33. The first-order chi connectivity index (χ1) is 12.8. The number of benzene rings is 2. The molecule has 3 rings (SSSR count). The molecule has 3 aromatic rings. The van der Waals surface area contributed by atoms with Crippen LogP contribution in [-0.4, -0.2) is 19.3 Å². The van der Waals surface area contributed by atoms with Crippen molar-refractivity contribution in [3.8, 4) is 0 Å². The van der Waals surface area contributed by atoms with Crippen LogP contribution in [0.1, 0.15) is 21.5 Å². The Morgan fingerprint density at radius 2 is 2.07 bits per heavy atom. The number of carbonyl (C=O) groups excluding carboxylic acids is 1. The molecule has 3 N–H and O–H groups in total. The van der Waals surface area contributed by atoms with Crippen LogP contribution in [0.25, 0.3) is 10.9 Å². The van der Waals surface area contributed by atoms with Crippen molar-refractivity contribution in [2.75, 3.05) is 5.32 Å². The average Bonchev–Trinajstić information content (AvgIpc) is 2.58. The van der Waals surface area contributed by atoms with Crippen LogP contribution in [0.15, 0.2) is 36.5 Å². The number of primary amides is 1. The SMILES string of the molecule is Cc1cc(C[SH](=O)=O)cc2c(Nc3cccc(Cl)c3F)c(C(N)=O)cnc12. The number of nitrogens with two attached hydrogens (primary N) is 1. The third kappa shape index (κ3) is 3.86. The molecular weight excluding hydrogens is 393 g/mol. The van der Waals surface area contributed by atoms with E-state index in [4.69, 9.17) is 17.3 Å². The molecule has 0 radical (unpaired) electrons. The minimum absolute atomic E-state index is 0.0462. The van der Waals surface area contributed by atoms with Crippen molar-refractivity contribution in [1.82, 2.24) is 4.98 Å². The maximum absolute atomic E-state index is 14.3. The Kier molecular flexibility index (Phi) is 5.29. The number of fused-ring (bicyclic) bond motifs is 1. The monoisotopic (exact) mass is 407 g/mol. The van der Waals surface area contributed by atoms with Gasteiger partial charge in [0.2, 0.25) is 0 Å². The summed E-state index contributed by atoms with van der Waals surface area (Å²) in [6.07, 6.45) is 1.30. The number of pyridine rings is 1. The number of hydrogen-bond acceptors (Lipinski definition) is 5. The van der Waals surface area contributed by atoms with E-state index in [2.05, 4.69) is 10.3 Å². The van der Waals surface area contributed by atoms with Gasteiger partial charge >= 0.3 is 0 Å². The summed E-state index contributed by atoms with van der Waals surface area (Å²) < 4.78 is 36.6. The van der Waals surface area contributed by atoms with Gasteiger partial charge in [-0.1, -0.05) is 23.7 Å². The molecule has 1 heterocycles. The fourth-order valence-corrected chi connectivity index (χ4v) is 3.51. The highest BCUT2D eigenvalue weighted by Gasteiger charge is 2.17. The molecule has 0 aliphatic carbocycles. The third-order valence-corrected chi connectivity index (χ3v) is 4.93. The normalized spacial score (nSPS) is 11.1. The van der Waals surface area contributed by atoms with Crippen LogP contribution >= 0.6 is 11.6 Å². The lowest BCUT2D eigenvalue weighted by atomic mass is 10.0. The second-order valence-electron chi connectivity index (χ2n) is 5.94. The number of nitrogens with one attached hydrogen (secondary N) is 1. The third-order valence-electron chi connectivity index (χ3n) is 4.01. The first-order valence-corrected chi connectivity index (χ1v) is 9.57. The minimum Gasteiger partial charge on any atom is -0.365 e. The van der Waals surface area contributed by atoms with Crippen LogP contribution in [-0.2, 0) is 16.5 Å². The second kappa shape index (κ2) is 7.50. The van der Waals surface area contributed by atoms with E-state index in [1.54, 1.807) is 25.1 Å². The lowest BCUT2D eigenvalue weighted by Crippen LogP contribution is -2.14. The Morgan fingerprint density at radius 3 is 2.74 bits per heavy atom. The lowest BCUT2D eigenvalue weighted by molar-refractivity contribution is 0.100. The van der Waals surface area contributed by atoms with Crippen molar-refractivity contribution in [2.45, 2.75) is 12.7 Å². The largest absolute Gasteiger partial charge is 0.365 e. The van der Waals surface area contributed by atoms with Crippen LogP contribution in [0.2, 0.25) is 5.02 Å². The van der Waals surface area contributed by atoms with Gasteiger partial charge in [0, 0.05) is 11.6 Å². The van der Waals surface area contributed by atoms with E-state index in [1.165, 1.54) is 18.3 Å². The standard InChI is InChI=1S/C18H15ClFN3O3S/c1-9-5-10(8-27(25)26)6-11-16(9)22-7-12(18(21)24)17(11)23-14-4-2-3-13(19)15(14)20/h2-7,27H,8H2,1H3,(H2,21,24)(H,22,23). The van der Waals surface area contributed by atoms with Gasteiger partial charge in [-0.25, -0.2) is 12.8 Å². The number of nitrogens with zero attached hydrogens (tertiary/aromatic N) is 1. The van der Waals surface area contributed by atoms with Crippen molar-refractivity contribution in [2.24, 2.45) is 5.73 Å². The summed E-state index contributed by atoms with van der Waals surface area (Å²) >= 11 is 5.82. The number of amides is 1. The second-order valence-corrected chi connectivity index (χ2v) is 7.33. The van der Waals surface area contributed by atoms with Crippen molar-refractivity contribution >= 4 is 50.5 Å². The molecule has 140 valence electrons. The molecule has 0 saturated carbocycles. The number of hydrogen-bond donors (Lipinski definition) is 3. The Balaban J connectivity index is 2.29. The van der Waals surface area contributed by atoms with E-state index in [1.807, 2.05) is 0 Å². The lowest BCUT2D eigenvalue weighted by Gasteiger charge is -2.16. The van der Waals surface area contributed by atoms with Gasteiger partial charge in [0.15, 0.2) is 5.82 Å². The molecule has 0 unspecified atom stereocenters. The van der Waals surface area contributed by atoms with Crippen molar-refractivity contribution in [3.63, 3.8) is 0 Å². The topological polar surface area (TPSA) is 102 Å². The Labute approximate surface area is 161 Å². The molecule has 9 heteroatoms. The fraction of sp³-hybridized carbons (Fsp3) is 0.111. The van der Waals surface area contributed by atoms with Gasteiger partial charge < -0.3 is 11.1 Å². The van der Waals surface area contributed by atoms with Crippen LogP contribution in [0.3, 0.4) is 0 Å². The van der Waals surface area contributed by atoms with Gasteiger partial charge in [-0.05, 0) is 36.2 Å². The van der Waals surface area contributed by atoms with Crippen LogP contribution in [0.5, 0.6) is 0 Å². The number of carbonyl (C=O) groups is 1. The zero-order valence-electron chi connectivity index (χ0n) is 14.1. The number of halogens is 2. The number of aryl methyl sites for hydroxylation is 1. The summed E-state index contributed by atoms with van der Waals surface area (Å²) in [5.74, 6) is -1.61. The smallest absolute Gasteiger partial charge is 0.252 e. The van der Waals surface area contributed by atoms with Gasteiger partial charge in [0.05, 0.1) is 33.2 Å². The maximum Gasteiger partial charge on any atom is 0.252 e. The summed E-state index contributed by atoms with van der Waals surface area (Å²) in [4.78, 5) is 16.1. The van der Waals surface area contributed by atoms with Gasteiger partial charge in [0.25, 0.3) is 5.91 Å². The zero-order valence-corrected chi connectivity index (χ0v) is 15.8. The van der Waals surface area contributed by atoms with Crippen LogP contribution in [0.4, 0.5) is 15.8 Å². The number of aromatic nitrogens is 1. The first kappa shape index (κ1) is 19.1. The van der Waals surface area contributed by atoms with E-state index < -0.39 is 22.4 Å². The van der Waals surface area contributed by atoms with E-state index >= 15 is 0 Å². The first-order valence-electron chi connectivity index (χ1n) is 7.82. The van der Waals surface area contributed by atoms with Crippen molar-refractivity contribution in [1.29, 1.82) is 0 Å². The van der Waals surface area contributed by atoms with Crippen LogP contribution < -0.4 is 11.1 Å². The highest BCUT2D eigenvalue weighted by atomic mass is 35.5. The van der Waals surface area contributed by atoms with E-state index in [0.717, 1.165) is 0 Å². The summed E-state index contributed by atoms with van der Waals surface area (Å²) in [5, 5.41) is 3.23. The molecule has 6 nitrogen and oxygen atoms in total. The van der Waals surface area contributed by atoms with Gasteiger partial charge in [-0.15, -0.1) is 0 Å². The summed E-state index contributed by atoms with van der Waals surface area (Å²) in [6.45, 7) is 1.77. The minimum atomic E-state index is -2.64. The molecule has 1 amide bonds. The molecule has 0 bridgehead atoms. The van der Waals surface area contributed by atoms with E-state index in [0.29, 0.717) is 22.0 Å². The van der Waals surface area contributed by atoms with Gasteiger partial charge in [0.1, 0.15) is 10.7 Å². The summed E-state index contributed by atoms with van der Waals surface area (Å²) in [7, 11) is -2.64. The summed E-state index contributed by atoms with van der Waals surface area (Å²) in [5.41, 5.74) is 7.55. The fourth-order valence-electron chi connectivity index (χ4n) is 2.85. The Hall–Kier alpha value is -2.71. The Morgan fingerprint density at radius 1 is 1.33 bits per heavy atom. The van der Waals surface area contributed by atoms with E-state index in [-0.39, 0.29) is 27.7 Å². The number of rotatable bonds is 5. The highest BCUT2D eigenvalue weighted by molar-refractivity contribution is 7.71. The van der Waals surface area contributed by atoms with Gasteiger partial charge in [-0.2, -0.15) is 0 Å². The molecule has 0 aliphatic heterocycles.